The van der Waals surface area contributed by atoms with Crippen molar-refractivity contribution in [3.8, 4) is 0 Å². The molecule has 0 saturated heterocycles. The lowest BCUT2D eigenvalue weighted by Crippen LogP contribution is -2.08. The van der Waals surface area contributed by atoms with E-state index < -0.39 is 11.9 Å². The van der Waals surface area contributed by atoms with E-state index in [-0.39, 0.29) is 16.3 Å². The predicted molar refractivity (Wildman–Crippen MR) is 43.2 cm³/mol. The third kappa shape index (κ3) is 1.94. The molecule has 0 radical (unpaired) electrons. The molecule has 1 aromatic rings. The molecule has 0 unspecified atom stereocenters. The van der Waals surface area contributed by atoms with Crippen LogP contribution in [0.15, 0.2) is 12.3 Å². The highest BCUT2D eigenvalue weighted by Crippen LogP contribution is 2.12. The van der Waals surface area contributed by atoms with E-state index >= 15 is 0 Å². The van der Waals surface area contributed by atoms with E-state index in [4.69, 9.17) is 21.8 Å². The summed E-state index contributed by atoms with van der Waals surface area (Å²) in [7, 11) is 0. The molecule has 5 nitrogen and oxygen atoms in total. The lowest BCUT2D eigenvalue weighted by molar-refractivity contribution is 0.0651. The van der Waals surface area contributed by atoms with Crippen LogP contribution in [-0.4, -0.2) is 27.1 Å². The van der Waals surface area contributed by atoms with Gasteiger partial charge < -0.3 is 10.2 Å². The Kier molecular flexibility index (Phi) is 2.48. The second-order valence-corrected chi connectivity index (χ2v) is 2.55. The van der Waals surface area contributed by atoms with Gasteiger partial charge in [0.15, 0.2) is 0 Å². The second kappa shape index (κ2) is 3.40. The minimum absolute atomic E-state index is 0.0533. The van der Waals surface area contributed by atoms with Crippen LogP contribution >= 0.6 is 11.6 Å². The SMILES string of the molecule is O=C(O)c1cnc(Cl)cc1C(=O)O. The van der Waals surface area contributed by atoms with Crippen molar-refractivity contribution >= 4 is 23.5 Å². The third-order valence-corrected chi connectivity index (χ3v) is 1.54. The lowest BCUT2D eigenvalue weighted by Gasteiger charge is -1.99. The Balaban J connectivity index is 3.35. The van der Waals surface area contributed by atoms with Gasteiger partial charge in [-0.1, -0.05) is 11.6 Å². The molecule has 1 rings (SSSR count). The van der Waals surface area contributed by atoms with Crippen LogP contribution in [0, 0.1) is 0 Å². The number of hydrogen-bond donors (Lipinski definition) is 2. The molecular weight excluding hydrogens is 198 g/mol. The van der Waals surface area contributed by atoms with Gasteiger partial charge in [-0.05, 0) is 6.07 Å². The van der Waals surface area contributed by atoms with Crippen LogP contribution in [0.5, 0.6) is 0 Å². The summed E-state index contributed by atoms with van der Waals surface area (Å²) in [5.41, 5.74) is -0.746. The van der Waals surface area contributed by atoms with E-state index in [0.717, 1.165) is 12.3 Å². The largest absolute Gasteiger partial charge is 0.478 e. The van der Waals surface area contributed by atoms with Gasteiger partial charge >= 0.3 is 11.9 Å². The average Bonchev–Trinajstić information content (AvgIpc) is 2.03. The van der Waals surface area contributed by atoms with Gasteiger partial charge in [-0.15, -0.1) is 0 Å². The van der Waals surface area contributed by atoms with Gasteiger partial charge in [0.25, 0.3) is 0 Å². The molecule has 0 aliphatic carbocycles. The molecule has 0 bridgehead atoms. The van der Waals surface area contributed by atoms with Crippen molar-refractivity contribution in [3.05, 3.63) is 28.5 Å². The summed E-state index contributed by atoms with van der Waals surface area (Å²) < 4.78 is 0. The molecule has 0 amide bonds. The highest BCUT2D eigenvalue weighted by molar-refractivity contribution is 6.29. The predicted octanol–water partition coefficient (Wildman–Crippen LogP) is 1.13. The maximum Gasteiger partial charge on any atom is 0.338 e. The van der Waals surface area contributed by atoms with Gasteiger partial charge in [0, 0.05) is 6.20 Å². The fraction of sp³-hybridized carbons (Fsp3) is 0. The van der Waals surface area contributed by atoms with Crippen LogP contribution in [-0.2, 0) is 0 Å². The number of nitrogens with zero attached hydrogens (tertiary/aromatic N) is 1. The van der Waals surface area contributed by atoms with Crippen LogP contribution in [0.2, 0.25) is 5.15 Å². The van der Waals surface area contributed by atoms with E-state index in [1.807, 2.05) is 0 Å². The molecule has 1 aromatic heterocycles. The number of aromatic nitrogens is 1. The van der Waals surface area contributed by atoms with E-state index in [1.54, 1.807) is 0 Å². The van der Waals surface area contributed by atoms with E-state index in [2.05, 4.69) is 4.98 Å². The van der Waals surface area contributed by atoms with Crippen LogP contribution in [0.25, 0.3) is 0 Å². The van der Waals surface area contributed by atoms with Crippen LogP contribution in [0.1, 0.15) is 20.7 Å². The smallest absolute Gasteiger partial charge is 0.338 e. The number of pyridine rings is 1. The zero-order valence-electron chi connectivity index (χ0n) is 6.19. The van der Waals surface area contributed by atoms with Crippen molar-refractivity contribution in [1.82, 2.24) is 4.98 Å². The van der Waals surface area contributed by atoms with Gasteiger partial charge in [-0.2, -0.15) is 0 Å². The summed E-state index contributed by atoms with van der Waals surface area (Å²) in [5.74, 6) is -2.69. The van der Waals surface area contributed by atoms with Crippen LogP contribution in [0.4, 0.5) is 0 Å². The highest BCUT2D eigenvalue weighted by atomic mass is 35.5. The van der Waals surface area contributed by atoms with E-state index in [9.17, 15) is 9.59 Å². The number of hydrogen-bond acceptors (Lipinski definition) is 3. The van der Waals surface area contributed by atoms with Crippen LogP contribution < -0.4 is 0 Å². The number of halogens is 1. The van der Waals surface area contributed by atoms with Crippen molar-refractivity contribution in [3.63, 3.8) is 0 Å². The third-order valence-electron chi connectivity index (χ3n) is 1.33. The van der Waals surface area contributed by atoms with E-state index in [1.165, 1.54) is 0 Å². The van der Waals surface area contributed by atoms with E-state index in [0.29, 0.717) is 0 Å². The Labute approximate surface area is 77.6 Å². The van der Waals surface area contributed by atoms with Crippen molar-refractivity contribution in [2.75, 3.05) is 0 Å². The number of carbonyl (C=O) groups is 2. The van der Waals surface area contributed by atoms with Gasteiger partial charge in [-0.25, -0.2) is 14.6 Å². The maximum absolute atomic E-state index is 10.5. The molecule has 0 aliphatic heterocycles. The average molecular weight is 202 g/mol. The van der Waals surface area contributed by atoms with Gasteiger partial charge in [0.2, 0.25) is 0 Å². The van der Waals surface area contributed by atoms with Crippen molar-refractivity contribution in [2.24, 2.45) is 0 Å². The summed E-state index contributed by atoms with van der Waals surface area (Å²) in [5, 5.41) is 17.1. The first-order valence-corrected chi connectivity index (χ1v) is 3.52. The first-order valence-electron chi connectivity index (χ1n) is 3.14. The zero-order chi connectivity index (χ0) is 10.0. The molecule has 68 valence electrons. The minimum Gasteiger partial charge on any atom is -0.478 e. The lowest BCUT2D eigenvalue weighted by atomic mass is 10.1. The second-order valence-electron chi connectivity index (χ2n) is 2.16. The molecule has 6 heteroatoms. The Morgan fingerprint density at radius 1 is 1.23 bits per heavy atom. The van der Waals surface area contributed by atoms with Gasteiger partial charge in [0.1, 0.15) is 5.15 Å². The number of carboxylic acid groups (broad SMARTS) is 2. The molecule has 1 heterocycles. The van der Waals surface area contributed by atoms with Gasteiger partial charge in [0.05, 0.1) is 11.1 Å². The monoisotopic (exact) mass is 201 g/mol. The van der Waals surface area contributed by atoms with Crippen LogP contribution in [0.3, 0.4) is 0 Å². The fourth-order valence-electron chi connectivity index (χ4n) is 0.777. The summed E-state index contributed by atoms with van der Waals surface area (Å²) in [6.07, 6.45) is 0.911. The molecule has 0 spiro atoms. The topological polar surface area (TPSA) is 87.5 Å². The van der Waals surface area contributed by atoms with Crippen molar-refractivity contribution in [2.45, 2.75) is 0 Å². The number of carboxylic acids is 2. The summed E-state index contributed by atoms with van der Waals surface area (Å²) in [6.45, 7) is 0. The summed E-state index contributed by atoms with van der Waals surface area (Å²) in [6, 6.07) is 0.993. The quantitative estimate of drug-likeness (QED) is 0.701. The molecule has 0 aromatic carbocycles. The standard InChI is InChI=1S/C7H4ClNO4/c8-5-1-3(6(10)11)4(2-9-5)7(12)13/h1-2H,(H,10,11)(H,12,13). The molecule has 2 N–H and O–H groups in total. The molecule has 0 fully saturated rings. The Bertz CT molecular complexity index is 377. The molecule has 0 saturated carbocycles. The molecule has 0 aliphatic rings. The summed E-state index contributed by atoms with van der Waals surface area (Å²) in [4.78, 5) is 24.5. The minimum atomic E-state index is -1.35. The maximum atomic E-state index is 10.5. The molecule has 13 heavy (non-hydrogen) atoms. The Hall–Kier alpha value is -1.62. The molecule has 0 atom stereocenters. The Morgan fingerprint density at radius 2 is 1.77 bits per heavy atom. The number of rotatable bonds is 2. The zero-order valence-corrected chi connectivity index (χ0v) is 6.95. The van der Waals surface area contributed by atoms with Crippen molar-refractivity contribution < 1.29 is 19.8 Å². The van der Waals surface area contributed by atoms with Gasteiger partial charge in [-0.3, -0.25) is 0 Å². The highest BCUT2D eigenvalue weighted by Gasteiger charge is 2.16. The first kappa shape index (κ1) is 9.47. The Morgan fingerprint density at radius 3 is 2.23 bits per heavy atom. The number of aromatic carboxylic acids is 2. The normalized spacial score (nSPS) is 9.62. The summed E-state index contributed by atoms with van der Waals surface area (Å²) >= 11 is 5.40. The first-order chi connectivity index (χ1) is 6.02. The fourth-order valence-corrected chi connectivity index (χ4v) is 0.935. The molecular formula is C7H4ClNO4. The van der Waals surface area contributed by atoms with Crippen molar-refractivity contribution in [1.29, 1.82) is 0 Å².